The molecule has 0 spiro atoms. The number of carbonyl (C=O) groups is 4. The third-order valence-electron chi connectivity index (χ3n) is 3.57. The minimum absolute atomic E-state index is 0.0675. The Balaban J connectivity index is 2.83. The van der Waals surface area contributed by atoms with Crippen molar-refractivity contribution in [3.8, 4) is 0 Å². The van der Waals surface area contributed by atoms with Gasteiger partial charge in [-0.25, -0.2) is 4.98 Å². The number of nitrogens with one attached hydrogen (secondary N) is 4. The van der Waals surface area contributed by atoms with Crippen LogP contribution in [0.2, 0.25) is 0 Å². The summed E-state index contributed by atoms with van der Waals surface area (Å²) in [5.74, 6) is -3.17. The minimum atomic E-state index is -1.21. The van der Waals surface area contributed by atoms with Gasteiger partial charge in [-0.3, -0.25) is 19.2 Å². The number of hydrogen-bond donors (Lipinski definition) is 7. The number of amides is 3. The lowest BCUT2D eigenvalue weighted by atomic mass is 10.1. The number of aromatic nitrogens is 2. The molecule has 0 aromatic carbocycles. The van der Waals surface area contributed by atoms with Gasteiger partial charge < -0.3 is 31.8 Å². The van der Waals surface area contributed by atoms with Crippen molar-refractivity contribution in [1.82, 2.24) is 25.9 Å². The third-order valence-corrected chi connectivity index (χ3v) is 3.94. The van der Waals surface area contributed by atoms with Gasteiger partial charge in [0.1, 0.15) is 18.1 Å². The number of carbonyl (C=O) groups excluding carboxylic acids is 3. The molecular weight excluding hydrogens is 376 g/mol. The molecule has 1 rings (SSSR count). The Morgan fingerprint density at radius 1 is 1.15 bits per heavy atom. The third kappa shape index (κ3) is 7.27. The van der Waals surface area contributed by atoms with E-state index in [-0.39, 0.29) is 12.2 Å². The molecule has 1 aromatic rings. The Morgan fingerprint density at radius 3 is 2.22 bits per heavy atom. The first-order valence-corrected chi connectivity index (χ1v) is 8.76. The average molecular weight is 400 g/mol. The fourth-order valence-electron chi connectivity index (χ4n) is 1.97. The molecular formula is C15H24N6O5S. The maximum absolute atomic E-state index is 12.6. The molecule has 0 radical (unpaired) electrons. The monoisotopic (exact) mass is 400 g/mol. The molecule has 0 saturated heterocycles. The maximum Gasteiger partial charge on any atom is 0.325 e. The zero-order chi connectivity index (χ0) is 20.6. The van der Waals surface area contributed by atoms with Gasteiger partial charge in [-0.2, -0.15) is 12.6 Å². The van der Waals surface area contributed by atoms with E-state index in [0.717, 1.165) is 0 Å². The van der Waals surface area contributed by atoms with E-state index in [4.69, 9.17) is 10.8 Å². The number of hydrogen-bond acceptors (Lipinski definition) is 7. The lowest BCUT2D eigenvalue weighted by molar-refractivity contribution is -0.141. The van der Waals surface area contributed by atoms with Gasteiger partial charge in [-0.15, -0.1) is 0 Å². The van der Waals surface area contributed by atoms with Crippen molar-refractivity contribution in [2.24, 2.45) is 5.73 Å². The van der Waals surface area contributed by atoms with Crippen molar-refractivity contribution in [3.05, 3.63) is 18.2 Å². The lowest BCUT2D eigenvalue weighted by Crippen LogP contribution is -2.57. The second kappa shape index (κ2) is 10.5. The first-order valence-electron chi connectivity index (χ1n) is 8.13. The highest BCUT2D eigenvalue weighted by Crippen LogP contribution is 2.01. The first-order chi connectivity index (χ1) is 12.6. The van der Waals surface area contributed by atoms with Crippen LogP contribution in [-0.2, 0) is 25.6 Å². The highest BCUT2D eigenvalue weighted by molar-refractivity contribution is 7.80. The largest absolute Gasteiger partial charge is 0.480 e. The van der Waals surface area contributed by atoms with Crippen LogP contribution >= 0.6 is 12.6 Å². The van der Waals surface area contributed by atoms with Gasteiger partial charge in [0.05, 0.1) is 12.4 Å². The molecule has 150 valence electrons. The molecule has 4 unspecified atom stereocenters. The van der Waals surface area contributed by atoms with E-state index in [0.29, 0.717) is 5.69 Å². The predicted octanol–water partition coefficient (Wildman–Crippen LogP) is -2.21. The molecule has 0 aliphatic rings. The molecule has 1 aromatic heterocycles. The summed E-state index contributed by atoms with van der Waals surface area (Å²) in [5, 5.41) is 16.1. The normalized spacial score (nSPS) is 15.1. The number of rotatable bonds is 10. The van der Waals surface area contributed by atoms with Crippen molar-refractivity contribution in [3.63, 3.8) is 0 Å². The number of nitrogens with zero attached hydrogens (tertiary/aromatic N) is 1. The second-order valence-electron chi connectivity index (χ2n) is 5.94. The zero-order valence-corrected chi connectivity index (χ0v) is 15.8. The van der Waals surface area contributed by atoms with Gasteiger partial charge in [-0.1, -0.05) is 0 Å². The zero-order valence-electron chi connectivity index (χ0n) is 14.9. The standard InChI is InChI=1S/C15H24N6O5S/c1-7(16)12(22)20-10(3-9-4-17-6-18-9)13(23)21-11(5-27)14(24)19-8(2)15(25)26/h4,6-8,10-11,27H,3,5,16H2,1-2H3,(H,17,18)(H,19,24)(H,20,22)(H,21,23)(H,25,26). The highest BCUT2D eigenvalue weighted by atomic mass is 32.1. The molecule has 0 aliphatic heterocycles. The number of carboxylic acid groups (broad SMARTS) is 1. The number of aliphatic carboxylic acids is 1. The Kier molecular flexibility index (Phi) is 8.75. The van der Waals surface area contributed by atoms with Gasteiger partial charge in [0.2, 0.25) is 17.7 Å². The number of H-pyrrole nitrogens is 1. The number of aromatic amines is 1. The van der Waals surface area contributed by atoms with E-state index in [1.807, 2.05) is 0 Å². The quantitative estimate of drug-likeness (QED) is 0.217. The van der Waals surface area contributed by atoms with Crippen LogP contribution < -0.4 is 21.7 Å². The van der Waals surface area contributed by atoms with Crippen LogP contribution in [0.1, 0.15) is 19.5 Å². The van der Waals surface area contributed by atoms with Crippen molar-refractivity contribution in [1.29, 1.82) is 0 Å². The fourth-order valence-corrected chi connectivity index (χ4v) is 2.23. The Labute approximate surface area is 161 Å². The molecule has 3 amide bonds. The van der Waals surface area contributed by atoms with Gasteiger partial charge in [0.15, 0.2) is 0 Å². The summed E-state index contributed by atoms with van der Waals surface area (Å²) in [6.07, 6.45) is 3.02. The summed E-state index contributed by atoms with van der Waals surface area (Å²) in [6, 6.07) is -4.06. The molecule has 0 fully saturated rings. The van der Waals surface area contributed by atoms with Crippen LogP contribution in [0.5, 0.6) is 0 Å². The summed E-state index contributed by atoms with van der Waals surface area (Å²) in [4.78, 5) is 54.1. The van der Waals surface area contributed by atoms with Gasteiger partial charge >= 0.3 is 5.97 Å². The van der Waals surface area contributed by atoms with Crippen LogP contribution in [0, 0.1) is 0 Å². The first kappa shape index (κ1) is 22.4. The van der Waals surface area contributed by atoms with E-state index in [9.17, 15) is 19.2 Å². The van der Waals surface area contributed by atoms with Gasteiger partial charge in [0, 0.05) is 24.1 Å². The molecule has 7 N–H and O–H groups in total. The molecule has 1 heterocycles. The number of nitrogens with two attached hydrogens (primary N) is 1. The van der Waals surface area contributed by atoms with Crippen LogP contribution in [0.3, 0.4) is 0 Å². The van der Waals surface area contributed by atoms with Crippen molar-refractivity contribution in [2.45, 2.75) is 44.4 Å². The minimum Gasteiger partial charge on any atom is -0.480 e. The Morgan fingerprint density at radius 2 is 1.74 bits per heavy atom. The van der Waals surface area contributed by atoms with Crippen molar-refractivity contribution >= 4 is 36.3 Å². The van der Waals surface area contributed by atoms with E-state index in [1.54, 1.807) is 0 Å². The van der Waals surface area contributed by atoms with Crippen molar-refractivity contribution in [2.75, 3.05) is 5.75 Å². The maximum atomic E-state index is 12.6. The average Bonchev–Trinajstić information content (AvgIpc) is 3.11. The van der Waals surface area contributed by atoms with E-state index in [1.165, 1.54) is 26.4 Å². The summed E-state index contributed by atoms with van der Waals surface area (Å²) in [5.41, 5.74) is 6.11. The van der Waals surface area contributed by atoms with E-state index < -0.39 is 47.9 Å². The second-order valence-corrected chi connectivity index (χ2v) is 6.31. The SMILES string of the molecule is CC(N)C(=O)NC(Cc1cnc[nH]1)C(=O)NC(CS)C(=O)NC(C)C(=O)O. The molecule has 0 aliphatic carbocycles. The Bertz CT molecular complexity index is 666. The number of thiol groups is 1. The summed E-state index contributed by atoms with van der Waals surface area (Å²) in [6.45, 7) is 2.76. The summed E-state index contributed by atoms with van der Waals surface area (Å²) < 4.78 is 0. The highest BCUT2D eigenvalue weighted by Gasteiger charge is 2.28. The lowest BCUT2D eigenvalue weighted by Gasteiger charge is -2.23. The van der Waals surface area contributed by atoms with Crippen LogP contribution in [0.15, 0.2) is 12.5 Å². The van der Waals surface area contributed by atoms with Gasteiger partial charge in [0.25, 0.3) is 0 Å². The van der Waals surface area contributed by atoms with Crippen LogP contribution in [0.4, 0.5) is 0 Å². The summed E-state index contributed by atoms with van der Waals surface area (Å²) >= 11 is 4.02. The van der Waals surface area contributed by atoms with E-state index >= 15 is 0 Å². The topological polar surface area (TPSA) is 179 Å². The molecule has 12 heteroatoms. The molecule has 11 nitrogen and oxygen atoms in total. The molecule has 4 atom stereocenters. The predicted molar refractivity (Wildman–Crippen MR) is 98.9 cm³/mol. The smallest absolute Gasteiger partial charge is 0.325 e. The Hall–Kier alpha value is -2.60. The molecule has 0 bridgehead atoms. The van der Waals surface area contributed by atoms with Gasteiger partial charge in [-0.05, 0) is 13.8 Å². The number of carboxylic acids is 1. The van der Waals surface area contributed by atoms with Crippen LogP contribution in [0.25, 0.3) is 0 Å². The van der Waals surface area contributed by atoms with E-state index in [2.05, 4.69) is 38.5 Å². The fraction of sp³-hybridized carbons (Fsp3) is 0.533. The molecule has 27 heavy (non-hydrogen) atoms. The molecule has 0 saturated carbocycles. The number of imidazole rings is 1. The summed E-state index contributed by atoms with van der Waals surface area (Å²) in [7, 11) is 0. The van der Waals surface area contributed by atoms with Crippen molar-refractivity contribution < 1.29 is 24.3 Å². The van der Waals surface area contributed by atoms with Crippen LogP contribution in [-0.4, -0.2) is 68.7 Å².